The van der Waals surface area contributed by atoms with Gasteiger partial charge in [0.05, 0.1) is 12.5 Å². The fourth-order valence-electron chi connectivity index (χ4n) is 2.14. The lowest BCUT2D eigenvalue weighted by molar-refractivity contribution is -0.133. The van der Waals surface area contributed by atoms with E-state index in [-0.39, 0.29) is 5.78 Å². The molecule has 2 heterocycles. The van der Waals surface area contributed by atoms with Crippen molar-refractivity contribution in [2.75, 3.05) is 0 Å². The minimum atomic E-state index is -1.02. The maximum Gasteiger partial charge on any atom is 0.144 e. The van der Waals surface area contributed by atoms with E-state index in [1.807, 2.05) is 0 Å². The van der Waals surface area contributed by atoms with Crippen LogP contribution in [0.5, 0.6) is 0 Å². The van der Waals surface area contributed by atoms with E-state index in [1.54, 1.807) is 38.1 Å². The Hall–Kier alpha value is -1.85. The minimum absolute atomic E-state index is 0.252. The van der Waals surface area contributed by atoms with Gasteiger partial charge in [-0.15, -0.1) is 0 Å². The van der Waals surface area contributed by atoms with Crippen LogP contribution in [0.2, 0.25) is 0 Å². The normalized spacial score (nSPS) is 17.4. The molecule has 0 fully saturated rings. The summed E-state index contributed by atoms with van der Waals surface area (Å²) < 4.78 is 10.2. The molecule has 0 aromatic carbocycles. The van der Waals surface area contributed by atoms with E-state index in [2.05, 4.69) is 0 Å². The summed E-state index contributed by atoms with van der Waals surface area (Å²) in [6.45, 7) is 3.22. The van der Waals surface area contributed by atoms with Gasteiger partial charge < -0.3 is 19.0 Å². The first-order valence-corrected chi connectivity index (χ1v) is 6.49. The Labute approximate surface area is 116 Å². The summed E-state index contributed by atoms with van der Waals surface area (Å²) in [5, 5.41) is 20.2. The van der Waals surface area contributed by atoms with Gasteiger partial charge in [-0.25, -0.2) is 0 Å². The predicted octanol–water partition coefficient (Wildman–Crippen LogP) is 2.48. The molecule has 5 heteroatoms. The highest BCUT2D eigenvalue weighted by Crippen LogP contribution is 2.30. The monoisotopic (exact) mass is 278 g/mol. The lowest BCUT2D eigenvalue weighted by Crippen LogP contribution is -2.28. The van der Waals surface area contributed by atoms with Crippen LogP contribution in [0.25, 0.3) is 0 Å². The Kier molecular flexibility index (Phi) is 4.42. The van der Waals surface area contributed by atoms with Crippen molar-refractivity contribution in [1.82, 2.24) is 0 Å². The van der Waals surface area contributed by atoms with E-state index in [0.717, 1.165) is 0 Å². The topological polar surface area (TPSA) is 83.8 Å². The third-order valence-corrected chi connectivity index (χ3v) is 3.51. The number of rotatable bonds is 6. The van der Waals surface area contributed by atoms with Crippen LogP contribution in [0, 0.1) is 11.8 Å². The smallest absolute Gasteiger partial charge is 0.144 e. The van der Waals surface area contributed by atoms with Crippen LogP contribution in [-0.4, -0.2) is 16.0 Å². The summed E-state index contributed by atoms with van der Waals surface area (Å²) >= 11 is 0. The molecule has 4 atom stereocenters. The van der Waals surface area contributed by atoms with Gasteiger partial charge in [0.1, 0.15) is 29.5 Å². The highest BCUT2D eigenvalue weighted by Gasteiger charge is 2.33. The molecule has 0 amide bonds. The number of carbonyl (C=O) groups excluding carboxylic acids is 1. The summed E-state index contributed by atoms with van der Waals surface area (Å²) in [4.78, 5) is 12.3. The number of aliphatic hydroxyl groups is 2. The Bertz CT molecular complexity index is 480. The first-order chi connectivity index (χ1) is 9.52. The van der Waals surface area contributed by atoms with Crippen molar-refractivity contribution in [2.24, 2.45) is 11.8 Å². The Morgan fingerprint density at radius 3 is 1.65 bits per heavy atom. The lowest BCUT2D eigenvalue weighted by atomic mass is 9.86. The van der Waals surface area contributed by atoms with Gasteiger partial charge in [0.25, 0.3) is 0 Å². The molecule has 108 valence electrons. The van der Waals surface area contributed by atoms with E-state index in [0.29, 0.717) is 11.5 Å². The van der Waals surface area contributed by atoms with Crippen molar-refractivity contribution in [2.45, 2.75) is 26.1 Å². The van der Waals surface area contributed by atoms with Gasteiger partial charge >= 0.3 is 0 Å². The van der Waals surface area contributed by atoms with Gasteiger partial charge in [-0.2, -0.15) is 0 Å². The van der Waals surface area contributed by atoms with Crippen LogP contribution in [0.4, 0.5) is 0 Å². The molecule has 0 radical (unpaired) electrons. The maximum absolute atomic E-state index is 12.3. The van der Waals surface area contributed by atoms with E-state index in [9.17, 15) is 15.0 Å². The number of Topliss-reactive ketones (excluding diaryl/α,β-unsaturated/α-hetero) is 1. The molecule has 5 nitrogen and oxygen atoms in total. The molecule has 2 rings (SSSR count). The summed E-state index contributed by atoms with van der Waals surface area (Å²) in [5.74, 6) is -0.935. The summed E-state index contributed by atoms with van der Waals surface area (Å²) in [5.41, 5.74) is 0. The zero-order valence-corrected chi connectivity index (χ0v) is 11.4. The molecule has 0 saturated carbocycles. The van der Waals surface area contributed by atoms with Crippen molar-refractivity contribution >= 4 is 5.78 Å². The van der Waals surface area contributed by atoms with Crippen molar-refractivity contribution in [3.63, 3.8) is 0 Å². The molecule has 0 aliphatic heterocycles. The number of hydrogen-bond donors (Lipinski definition) is 2. The van der Waals surface area contributed by atoms with E-state index < -0.39 is 24.0 Å². The second-order valence-corrected chi connectivity index (χ2v) is 4.90. The van der Waals surface area contributed by atoms with Gasteiger partial charge in [0, 0.05) is 11.8 Å². The van der Waals surface area contributed by atoms with Gasteiger partial charge in [-0.05, 0) is 24.3 Å². The van der Waals surface area contributed by atoms with Gasteiger partial charge in [0.15, 0.2) is 0 Å². The van der Waals surface area contributed by atoms with Crippen molar-refractivity contribution in [3.05, 3.63) is 48.3 Å². The number of ketones is 1. The average Bonchev–Trinajstić information content (AvgIpc) is 3.15. The predicted molar refractivity (Wildman–Crippen MR) is 70.7 cm³/mol. The number of furan rings is 2. The molecule has 2 N–H and O–H groups in total. The quantitative estimate of drug-likeness (QED) is 0.848. The number of hydrogen-bond acceptors (Lipinski definition) is 5. The molecule has 0 aliphatic rings. The van der Waals surface area contributed by atoms with E-state index >= 15 is 0 Å². The van der Waals surface area contributed by atoms with E-state index in [1.165, 1.54) is 12.5 Å². The number of carbonyl (C=O) groups is 1. The third kappa shape index (κ3) is 2.84. The lowest BCUT2D eigenvalue weighted by Gasteiger charge is -2.22. The molecular formula is C15H18O5. The van der Waals surface area contributed by atoms with Crippen molar-refractivity contribution < 1.29 is 23.8 Å². The van der Waals surface area contributed by atoms with Crippen LogP contribution >= 0.6 is 0 Å². The second-order valence-electron chi connectivity index (χ2n) is 4.90. The molecule has 0 spiro atoms. The van der Waals surface area contributed by atoms with Crippen LogP contribution in [-0.2, 0) is 4.79 Å². The minimum Gasteiger partial charge on any atom is -0.467 e. The Balaban J connectivity index is 2.06. The fourth-order valence-corrected chi connectivity index (χ4v) is 2.14. The molecule has 2 aromatic rings. The largest absolute Gasteiger partial charge is 0.467 e. The average molecular weight is 278 g/mol. The SMILES string of the molecule is C[C@H](C(=O)[C@@H](C)[C@@H](O)c1ccco1)[C@@H](O)c1ccco1. The Morgan fingerprint density at radius 1 is 0.950 bits per heavy atom. The fraction of sp³-hybridized carbons (Fsp3) is 0.400. The van der Waals surface area contributed by atoms with Crippen LogP contribution in [0.15, 0.2) is 45.6 Å². The molecule has 0 unspecified atom stereocenters. The van der Waals surface area contributed by atoms with Crippen molar-refractivity contribution in [3.8, 4) is 0 Å². The van der Waals surface area contributed by atoms with Crippen LogP contribution in [0.1, 0.15) is 37.6 Å². The van der Waals surface area contributed by atoms with Crippen molar-refractivity contribution in [1.29, 1.82) is 0 Å². The zero-order valence-electron chi connectivity index (χ0n) is 11.4. The van der Waals surface area contributed by atoms with Gasteiger partial charge in [-0.1, -0.05) is 13.8 Å². The summed E-state index contributed by atoms with van der Waals surface area (Å²) in [6.07, 6.45) is 0.834. The number of aliphatic hydroxyl groups excluding tert-OH is 2. The third-order valence-electron chi connectivity index (χ3n) is 3.51. The molecule has 0 aliphatic carbocycles. The molecule has 0 saturated heterocycles. The molecule has 20 heavy (non-hydrogen) atoms. The summed E-state index contributed by atoms with van der Waals surface area (Å²) in [7, 11) is 0. The highest BCUT2D eigenvalue weighted by molar-refractivity contribution is 5.84. The molecule has 2 aromatic heterocycles. The standard InChI is InChI=1S/C15H18O5/c1-9(14(17)11-5-3-7-19-11)13(16)10(2)15(18)12-6-4-8-20-12/h3-10,14-15,17-18H,1-2H3/t9-,10-,14-,15-/m1/s1. The molecule has 0 bridgehead atoms. The highest BCUT2D eigenvalue weighted by atomic mass is 16.4. The molecular weight excluding hydrogens is 260 g/mol. The zero-order chi connectivity index (χ0) is 14.7. The van der Waals surface area contributed by atoms with Gasteiger partial charge in [-0.3, -0.25) is 4.79 Å². The van der Waals surface area contributed by atoms with Crippen LogP contribution in [0.3, 0.4) is 0 Å². The van der Waals surface area contributed by atoms with Crippen LogP contribution < -0.4 is 0 Å². The summed E-state index contributed by atoms with van der Waals surface area (Å²) in [6, 6.07) is 6.53. The van der Waals surface area contributed by atoms with Gasteiger partial charge in [0.2, 0.25) is 0 Å². The Morgan fingerprint density at radius 2 is 1.35 bits per heavy atom. The second kappa shape index (κ2) is 6.07. The van der Waals surface area contributed by atoms with E-state index in [4.69, 9.17) is 8.83 Å². The first kappa shape index (κ1) is 14.6. The first-order valence-electron chi connectivity index (χ1n) is 6.49. The maximum atomic E-state index is 12.3.